The van der Waals surface area contributed by atoms with Gasteiger partial charge in [0.15, 0.2) is 11.2 Å². The molecule has 6 aromatic heterocycles. The van der Waals surface area contributed by atoms with Crippen LogP contribution in [-0.2, 0) is 10.8 Å². The second-order valence-electron chi connectivity index (χ2n) is 31.9. The first kappa shape index (κ1) is 62.4. The van der Waals surface area contributed by atoms with Crippen LogP contribution < -0.4 is 0 Å². The molecule has 0 unspecified atom stereocenters. The summed E-state index contributed by atoms with van der Waals surface area (Å²) in [4.78, 5) is 0. The van der Waals surface area contributed by atoms with Gasteiger partial charge in [-0.05, 0) is 198 Å². The van der Waals surface area contributed by atoms with Gasteiger partial charge in [0, 0.05) is 87.4 Å². The molecule has 0 N–H and O–H groups in total. The summed E-state index contributed by atoms with van der Waals surface area (Å²) in [5.74, 6) is 0. The zero-order chi connectivity index (χ0) is 75.4. The molecular formula is C110H64N4O2. The van der Waals surface area contributed by atoms with Crippen LogP contribution in [0, 0.1) is 0 Å². The Labute approximate surface area is 664 Å². The Bertz CT molecular complexity index is 8340. The monoisotopic (exact) mass is 1470 g/mol. The molecule has 0 saturated carbocycles. The van der Waals surface area contributed by atoms with Crippen molar-refractivity contribution in [3.05, 3.63) is 433 Å². The molecule has 6 nitrogen and oxygen atoms in total. The number of hydrogen-bond acceptors (Lipinski definition) is 2. The zero-order valence-electron chi connectivity index (χ0n) is 62.6. The molecule has 0 saturated heterocycles. The molecule has 0 radical (unpaired) electrons. The molecule has 0 bridgehead atoms. The highest BCUT2D eigenvalue weighted by atomic mass is 16.3. The van der Waals surface area contributed by atoms with Crippen LogP contribution in [0.15, 0.2) is 397 Å². The number of fused-ring (bicyclic) bond motifs is 33. The topological polar surface area (TPSA) is 46.0 Å². The second-order valence-corrected chi connectivity index (χ2v) is 31.9. The van der Waals surface area contributed by atoms with Crippen LogP contribution in [-0.4, -0.2) is 18.3 Å². The largest absolute Gasteiger partial charge is 0.454 e. The van der Waals surface area contributed by atoms with Crippen molar-refractivity contribution in [1.29, 1.82) is 0 Å². The summed E-state index contributed by atoms with van der Waals surface area (Å²) in [7, 11) is 0. The lowest BCUT2D eigenvalue weighted by atomic mass is 9.67. The zero-order valence-corrected chi connectivity index (χ0v) is 62.6. The van der Waals surface area contributed by atoms with Gasteiger partial charge in [0.1, 0.15) is 11.2 Å². The lowest BCUT2D eigenvalue weighted by Gasteiger charge is -2.34. The molecule has 0 amide bonds. The summed E-state index contributed by atoms with van der Waals surface area (Å²) in [6.45, 7) is 0. The highest BCUT2D eigenvalue weighted by molar-refractivity contribution is 6.27. The normalized spacial score (nSPS) is 13.7. The fourth-order valence-electron chi connectivity index (χ4n) is 22.2. The van der Waals surface area contributed by atoms with E-state index in [0.29, 0.717) is 0 Å². The maximum Gasteiger partial charge on any atom is 0.160 e. The molecule has 3 aliphatic rings. The summed E-state index contributed by atoms with van der Waals surface area (Å²) in [5, 5.41) is 13.9. The van der Waals surface area contributed by atoms with Gasteiger partial charge in [-0.3, -0.25) is 0 Å². The van der Waals surface area contributed by atoms with Crippen molar-refractivity contribution in [1.82, 2.24) is 18.3 Å². The first-order valence-corrected chi connectivity index (χ1v) is 40.2. The van der Waals surface area contributed by atoms with Crippen molar-refractivity contribution in [2.45, 2.75) is 10.8 Å². The van der Waals surface area contributed by atoms with Gasteiger partial charge in [0.05, 0.1) is 55.0 Å². The number of aromatic nitrogens is 4. The molecule has 0 aliphatic heterocycles. The Balaban J connectivity index is 0.674. The van der Waals surface area contributed by atoms with E-state index in [2.05, 4.69) is 407 Å². The van der Waals surface area contributed by atoms with Crippen molar-refractivity contribution in [3.63, 3.8) is 0 Å². The third-order valence-corrected chi connectivity index (χ3v) is 26.7. The van der Waals surface area contributed by atoms with Gasteiger partial charge >= 0.3 is 0 Å². The quantitative estimate of drug-likeness (QED) is 0.160. The molecule has 3 aliphatic carbocycles. The summed E-state index contributed by atoms with van der Waals surface area (Å²) in [5.41, 5.74) is 35.1. The lowest BCUT2D eigenvalue weighted by molar-refractivity contribution is 0.670. The third kappa shape index (κ3) is 7.85. The third-order valence-electron chi connectivity index (χ3n) is 26.7. The van der Waals surface area contributed by atoms with E-state index >= 15 is 0 Å². The Kier molecular flexibility index (Phi) is 12.2. The molecule has 18 aromatic carbocycles. The van der Waals surface area contributed by atoms with Crippen molar-refractivity contribution in [2.24, 2.45) is 0 Å². The van der Waals surface area contributed by atoms with Crippen LogP contribution in [0.1, 0.15) is 44.5 Å². The number of hydrogen-bond donors (Lipinski definition) is 0. The van der Waals surface area contributed by atoms with Gasteiger partial charge in [-0.2, -0.15) is 0 Å². The van der Waals surface area contributed by atoms with E-state index in [4.69, 9.17) is 8.83 Å². The predicted molar refractivity (Wildman–Crippen MR) is 477 cm³/mol. The number of benzene rings is 18. The van der Waals surface area contributed by atoms with E-state index in [1.165, 1.54) is 116 Å². The van der Waals surface area contributed by atoms with Crippen molar-refractivity contribution in [3.8, 4) is 67.3 Å². The van der Waals surface area contributed by atoms with Crippen molar-refractivity contribution >= 4 is 131 Å². The second kappa shape index (κ2) is 22.8. The molecule has 0 fully saturated rings. The predicted octanol–water partition coefficient (Wildman–Crippen LogP) is 28.2. The van der Waals surface area contributed by atoms with Gasteiger partial charge in [0.2, 0.25) is 0 Å². The van der Waals surface area contributed by atoms with Crippen LogP contribution in [0.3, 0.4) is 0 Å². The molecule has 6 heterocycles. The van der Waals surface area contributed by atoms with E-state index in [-0.39, 0.29) is 0 Å². The average molecular weight is 1470 g/mol. The van der Waals surface area contributed by atoms with Crippen molar-refractivity contribution in [2.75, 3.05) is 0 Å². The van der Waals surface area contributed by atoms with Gasteiger partial charge in [-0.1, -0.05) is 279 Å². The molecule has 27 rings (SSSR count). The van der Waals surface area contributed by atoms with Gasteiger partial charge in [-0.25, -0.2) is 0 Å². The minimum absolute atomic E-state index is 0.665. The van der Waals surface area contributed by atoms with E-state index in [9.17, 15) is 0 Å². The molecular weight excluding hydrogens is 1410 g/mol. The fraction of sp³-hybridized carbons (Fsp3) is 0.0182. The first-order valence-electron chi connectivity index (χ1n) is 40.2. The van der Waals surface area contributed by atoms with E-state index in [1.807, 2.05) is 0 Å². The summed E-state index contributed by atoms with van der Waals surface area (Å²) < 4.78 is 24.2. The maximum absolute atomic E-state index is 7.29. The molecule has 1 spiro atoms. The van der Waals surface area contributed by atoms with Gasteiger partial charge < -0.3 is 27.1 Å². The Hall–Kier alpha value is -15.2. The number of furan rings is 2. The number of rotatable bonds is 7. The van der Waals surface area contributed by atoms with Gasteiger partial charge in [0.25, 0.3) is 0 Å². The minimum atomic E-state index is -0.751. The fourth-order valence-corrected chi connectivity index (χ4v) is 22.2. The highest BCUT2D eigenvalue weighted by Crippen LogP contribution is 2.65. The smallest absolute Gasteiger partial charge is 0.160 e. The summed E-state index contributed by atoms with van der Waals surface area (Å²) in [6.07, 6.45) is 0. The SMILES string of the molecule is c1ccc(C2(c3ccccc3)c3cc(-n4c5ccccc5c5c(-c6cccc7c6c6ccc8c9ccccc9oc8c6n7-c6ccc7c(c6)C6(c8ccccc8-c8ccccc86)c6cc(-n8c9ccccc9c9ccccc98)ccc6-7)cccc54)ccc3-c3ccc(-n4c5ccccc5c5ccc6c7ccccc7oc6c54)cc32)cc1. The summed E-state index contributed by atoms with van der Waals surface area (Å²) in [6, 6.07) is 146. The van der Waals surface area contributed by atoms with Gasteiger partial charge in [-0.15, -0.1) is 0 Å². The highest BCUT2D eigenvalue weighted by Gasteiger charge is 2.53. The Morgan fingerprint density at radius 2 is 0.491 bits per heavy atom. The number of nitrogens with zero attached hydrogens (tertiary/aromatic N) is 4. The average Bonchev–Trinajstić information content (AvgIpc) is 1.48. The van der Waals surface area contributed by atoms with E-state index in [1.54, 1.807) is 0 Å². The number of para-hydroxylation sites is 6. The molecule has 536 valence electrons. The Morgan fingerprint density at radius 3 is 0.991 bits per heavy atom. The molecule has 24 aromatic rings. The molecule has 0 atom stereocenters. The van der Waals surface area contributed by atoms with Crippen LogP contribution in [0.4, 0.5) is 0 Å². The molecule has 6 heteroatoms. The molecule has 116 heavy (non-hydrogen) atoms. The Morgan fingerprint density at radius 1 is 0.181 bits per heavy atom. The first-order chi connectivity index (χ1) is 57.6. The van der Waals surface area contributed by atoms with E-state index < -0.39 is 10.8 Å². The maximum atomic E-state index is 7.29. The lowest BCUT2D eigenvalue weighted by Crippen LogP contribution is -2.28. The minimum Gasteiger partial charge on any atom is -0.454 e. The van der Waals surface area contributed by atoms with Crippen LogP contribution >= 0.6 is 0 Å². The van der Waals surface area contributed by atoms with E-state index in [0.717, 1.165) is 127 Å². The van der Waals surface area contributed by atoms with Crippen LogP contribution in [0.2, 0.25) is 0 Å². The van der Waals surface area contributed by atoms with Crippen LogP contribution in [0.25, 0.3) is 198 Å². The van der Waals surface area contributed by atoms with Crippen molar-refractivity contribution < 1.29 is 8.83 Å². The van der Waals surface area contributed by atoms with Crippen LogP contribution in [0.5, 0.6) is 0 Å². The standard InChI is InChI=1S/C110H64N4O2/c1-3-25-65(26-4-1)109(66-27-5-2-6-28-66)91-61-68(50-53-73(91)74-55-51-69(63-92(74)109)113-97-43-19-11-33-79(97)84-57-58-85-80-34-13-21-47-101(80)115-107(85)105(84)113)112-98-44-20-12-36-87(98)103-82(37-23-45-99(103)112)83-38-24-46-100-104(83)88-60-59-86-81-35-14-22-48-102(81)116-108(86)106(88)114(100)70-52-56-76-75-54-49-67(111-95-41-17-9-31-77(95)78-32-10-18-42-96(78)111)62-93(75)110(94(76)64-70)89-39-15-7-29-71(89)72-30-8-16-40-90(72)110/h1-64H. The summed E-state index contributed by atoms with van der Waals surface area (Å²) >= 11 is 0.